The van der Waals surface area contributed by atoms with Crippen molar-refractivity contribution in [1.82, 2.24) is 19.3 Å². The smallest absolute Gasteiger partial charge is 0.270 e. The van der Waals surface area contributed by atoms with Crippen molar-refractivity contribution in [3.05, 3.63) is 46.0 Å². The standard InChI is InChI=1S/C21H24Cl2FN5O3S/c1-6-33(31,32)28-20(30)12-10-25-29-18(12)27-17(23)16(15-13(22)8-7-9-14(15)24)19(29)26-11(2)21(3,4)5/h7-11,26H,6H2,1-5H3,(H,28,30). The van der Waals surface area contributed by atoms with Gasteiger partial charge < -0.3 is 5.32 Å². The molecule has 1 amide bonds. The number of hydrogen-bond donors (Lipinski definition) is 2. The average Bonchev–Trinajstić information content (AvgIpc) is 3.12. The van der Waals surface area contributed by atoms with E-state index in [0.29, 0.717) is 0 Å². The number of hydrogen-bond acceptors (Lipinski definition) is 6. The van der Waals surface area contributed by atoms with E-state index in [1.165, 1.54) is 35.8 Å². The highest BCUT2D eigenvalue weighted by molar-refractivity contribution is 7.90. The van der Waals surface area contributed by atoms with Crippen LogP contribution in [0.25, 0.3) is 16.8 Å². The van der Waals surface area contributed by atoms with Gasteiger partial charge in [0, 0.05) is 11.6 Å². The summed E-state index contributed by atoms with van der Waals surface area (Å²) in [6, 6.07) is 4.08. The average molecular weight is 516 g/mol. The van der Waals surface area contributed by atoms with Crippen LogP contribution in [0.4, 0.5) is 10.2 Å². The number of anilines is 1. The lowest BCUT2D eigenvalue weighted by atomic mass is 9.88. The molecule has 0 radical (unpaired) electrons. The van der Waals surface area contributed by atoms with Crippen molar-refractivity contribution in [3.63, 3.8) is 0 Å². The van der Waals surface area contributed by atoms with E-state index in [-0.39, 0.29) is 55.5 Å². The number of nitrogens with one attached hydrogen (secondary N) is 2. The van der Waals surface area contributed by atoms with E-state index in [1.54, 1.807) is 0 Å². The molecule has 0 bridgehead atoms. The van der Waals surface area contributed by atoms with Crippen LogP contribution in [-0.4, -0.2) is 40.7 Å². The Labute approximate surface area is 201 Å². The first-order valence-corrected chi connectivity index (χ1v) is 12.5. The summed E-state index contributed by atoms with van der Waals surface area (Å²) in [5, 5.41) is 7.51. The molecule has 33 heavy (non-hydrogen) atoms. The first-order chi connectivity index (χ1) is 15.3. The molecular weight excluding hydrogens is 492 g/mol. The Kier molecular flexibility index (Phi) is 6.93. The zero-order chi connectivity index (χ0) is 24.7. The number of carbonyl (C=O) groups excluding carboxylic acids is 1. The molecule has 3 aromatic rings. The molecule has 2 N–H and O–H groups in total. The number of sulfonamides is 1. The van der Waals surface area contributed by atoms with E-state index < -0.39 is 21.7 Å². The number of carbonyl (C=O) groups is 1. The van der Waals surface area contributed by atoms with Crippen LogP contribution < -0.4 is 10.0 Å². The summed E-state index contributed by atoms with van der Waals surface area (Å²) in [7, 11) is -3.81. The minimum Gasteiger partial charge on any atom is -0.366 e. The van der Waals surface area contributed by atoms with Crippen LogP contribution in [-0.2, 0) is 10.0 Å². The number of benzene rings is 1. The highest BCUT2D eigenvalue weighted by atomic mass is 35.5. The van der Waals surface area contributed by atoms with Gasteiger partial charge in [0.05, 0.1) is 22.5 Å². The summed E-state index contributed by atoms with van der Waals surface area (Å²) in [5.74, 6) is -1.53. The van der Waals surface area contributed by atoms with Gasteiger partial charge in [-0.2, -0.15) is 9.61 Å². The number of amides is 1. The summed E-state index contributed by atoms with van der Waals surface area (Å²) in [6.07, 6.45) is 1.18. The van der Waals surface area contributed by atoms with Crippen LogP contribution in [0, 0.1) is 11.2 Å². The van der Waals surface area contributed by atoms with Crippen LogP contribution in [0.2, 0.25) is 10.2 Å². The van der Waals surface area contributed by atoms with Gasteiger partial charge in [0.25, 0.3) is 5.91 Å². The molecule has 12 heteroatoms. The van der Waals surface area contributed by atoms with E-state index in [1.807, 2.05) is 32.4 Å². The van der Waals surface area contributed by atoms with Crippen molar-refractivity contribution in [1.29, 1.82) is 0 Å². The summed E-state index contributed by atoms with van der Waals surface area (Å²) >= 11 is 12.8. The molecule has 1 unspecified atom stereocenters. The Morgan fingerprint density at radius 1 is 1.24 bits per heavy atom. The lowest BCUT2D eigenvalue weighted by Gasteiger charge is -2.30. The molecule has 3 rings (SSSR count). The van der Waals surface area contributed by atoms with Gasteiger partial charge >= 0.3 is 0 Å². The van der Waals surface area contributed by atoms with Crippen molar-refractivity contribution < 1.29 is 17.6 Å². The van der Waals surface area contributed by atoms with Gasteiger partial charge in [-0.1, -0.05) is 50.0 Å². The zero-order valence-corrected chi connectivity index (χ0v) is 21.0. The summed E-state index contributed by atoms with van der Waals surface area (Å²) in [6.45, 7) is 9.37. The molecule has 2 heterocycles. The molecule has 178 valence electrons. The highest BCUT2D eigenvalue weighted by Crippen LogP contribution is 2.41. The van der Waals surface area contributed by atoms with Crippen LogP contribution in [0.3, 0.4) is 0 Å². The third-order valence-electron chi connectivity index (χ3n) is 5.34. The van der Waals surface area contributed by atoms with E-state index in [4.69, 9.17) is 23.2 Å². The van der Waals surface area contributed by atoms with Crippen LogP contribution >= 0.6 is 23.2 Å². The Bertz CT molecular complexity index is 1320. The maximum Gasteiger partial charge on any atom is 0.270 e. The van der Waals surface area contributed by atoms with Crippen LogP contribution in [0.5, 0.6) is 0 Å². The zero-order valence-electron chi connectivity index (χ0n) is 18.7. The highest BCUT2D eigenvalue weighted by Gasteiger charge is 2.29. The van der Waals surface area contributed by atoms with Crippen LogP contribution in [0.15, 0.2) is 24.4 Å². The predicted molar refractivity (Wildman–Crippen MR) is 128 cm³/mol. The first-order valence-electron chi connectivity index (χ1n) is 10.1. The molecule has 1 atom stereocenters. The Morgan fingerprint density at radius 2 is 1.91 bits per heavy atom. The van der Waals surface area contributed by atoms with Crippen molar-refractivity contribution in [2.75, 3.05) is 11.1 Å². The molecule has 0 aliphatic heterocycles. The minimum atomic E-state index is -3.81. The molecule has 0 aliphatic carbocycles. The van der Waals surface area contributed by atoms with Gasteiger partial charge in [-0.25, -0.2) is 22.5 Å². The maximum atomic E-state index is 14.9. The molecule has 1 aromatic carbocycles. The second-order valence-electron chi connectivity index (χ2n) is 8.58. The normalized spacial score (nSPS) is 13.2. The molecule has 8 nitrogen and oxygen atoms in total. The molecule has 0 spiro atoms. The monoisotopic (exact) mass is 515 g/mol. The quantitative estimate of drug-likeness (QED) is 0.458. The fourth-order valence-electron chi connectivity index (χ4n) is 2.91. The minimum absolute atomic E-state index is 0.00336. The summed E-state index contributed by atoms with van der Waals surface area (Å²) in [4.78, 5) is 16.9. The number of fused-ring (bicyclic) bond motifs is 1. The molecule has 0 saturated heterocycles. The van der Waals surface area contributed by atoms with Crippen LogP contribution in [0.1, 0.15) is 45.0 Å². The Hall–Kier alpha value is -2.43. The molecule has 2 aromatic heterocycles. The molecule has 0 fully saturated rings. The Balaban J connectivity index is 2.31. The SMILES string of the molecule is CCS(=O)(=O)NC(=O)c1cnn2c(NC(C)C(C)(C)C)c(-c3c(F)cccc3Cl)c(Cl)nc12. The van der Waals surface area contributed by atoms with E-state index in [2.05, 4.69) is 15.4 Å². The van der Waals surface area contributed by atoms with E-state index >= 15 is 0 Å². The van der Waals surface area contributed by atoms with Gasteiger partial charge in [-0.15, -0.1) is 0 Å². The second-order valence-corrected chi connectivity index (χ2v) is 11.4. The number of nitrogens with zero attached hydrogens (tertiary/aromatic N) is 3. The second kappa shape index (κ2) is 9.08. The summed E-state index contributed by atoms with van der Waals surface area (Å²) in [5.41, 5.74) is -0.131. The van der Waals surface area contributed by atoms with Gasteiger partial charge in [-0.05, 0) is 31.4 Å². The summed E-state index contributed by atoms with van der Waals surface area (Å²) < 4.78 is 41.9. The number of rotatable bonds is 6. The fraction of sp³-hybridized carbons (Fsp3) is 0.381. The molecule has 0 aliphatic rings. The third kappa shape index (κ3) is 5.07. The van der Waals surface area contributed by atoms with Crippen molar-refractivity contribution >= 4 is 50.6 Å². The fourth-order valence-corrected chi connectivity index (χ4v) is 3.97. The number of halogens is 3. The number of aromatic nitrogens is 3. The topological polar surface area (TPSA) is 105 Å². The Morgan fingerprint density at radius 3 is 2.48 bits per heavy atom. The predicted octanol–water partition coefficient (Wildman–Crippen LogP) is 4.77. The van der Waals surface area contributed by atoms with Crippen molar-refractivity contribution in [2.24, 2.45) is 5.41 Å². The van der Waals surface area contributed by atoms with Crippen molar-refractivity contribution in [3.8, 4) is 11.1 Å². The van der Waals surface area contributed by atoms with Gasteiger partial charge in [0.1, 0.15) is 22.4 Å². The third-order valence-corrected chi connectivity index (χ3v) is 7.19. The maximum absolute atomic E-state index is 14.9. The lowest BCUT2D eigenvalue weighted by molar-refractivity contribution is 0.0983. The molecule has 0 saturated carbocycles. The van der Waals surface area contributed by atoms with E-state index in [9.17, 15) is 17.6 Å². The van der Waals surface area contributed by atoms with Gasteiger partial charge in [-0.3, -0.25) is 4.79 Å². The van der Waals surface area contributed by atoms with E-state index in [0.717, 1.165) is 0 Å². The van der Waals surface area contributed by atoms with Gasteiger partial charge in [0.15, 0.2) is 5.65 Å². The first kappa shape index (κ1) is 25.2. The molecular formula is C21H24Cl2FN5O3S. The van der Waals surface area contributed by atoms with Gasteiger partial charge in [0.2, 0.25) is 10.0 Å². The largest absolute Gasteiger partial charge is 0.366 e. The van der Waals surface area contributed by atoms with Crippen molar-refractivity contribution in [2.45, 2.75) is 40.7 Å². The lowest BCUT2D eigenvalue weighted by Crippen LogP contribution is -2.32.